The van der Waals surface area contributed by atoms with E-state index in [0.717, 1.165) is 43.6 Å². The molecule has 0 atom stereocenters. The van der Waals surface area contributed by atoms with Crippen molar-refractivity contribution in [3.8, 4) is 0 Å². The molecule has 2 aliphatic carbocycles. The molecular weight excluding hydrogens is 403 g/mol. The smallest absolute Gasteiger partial charge is 0 e. The summed E-state index contributed by atoms with van der Waals surface area (Å²) in [6, 6.07) is 16.3. The minimum absolute atomic E-state index is 0. The number of hydrogen-bond acceptors (Lipinski definition) is 4. The normalized spacial score (nSPS) is 14.6. The van der Waals surface area contributed by atoms with Gasteiger partial charge in [-0.3, -0.25) is 0 Å². The summed E-state index contributed by atoms with van der Waals surface area (Å²) in [7, 11) is 0. The van der Waals surface area contributed by atoms with Crippen LogP contribution in [0.2, 0.25) is 0 Å². The van der Waals surface area contributed by atoms with Crippen molar-refractivity contribution in [3.05, 3.63) is 80.6 Å². The van der Waals surface area contributed by atoms with E-state index in [2.05, 4.69) is 12.1 Å². The SMILES string of the molecule is [Ni].[S-]C1=C([S-])c2ccccc2C1.[S-]C1=C([S-])c2ccccc2C1. The van der Waals surface area contributed by atoms with E-state index in [1.165, 1.54) is 11.1 Å². The van der Waals surface area contributed by atoms with Crippen molar-refractivity contribution < 1.29 is 16.5 Å². The van der Waals surface area contributed by atoms with Crippen LogP contribution >= 0.6 is 0 Å². The Kier molecular flexibility index (Phi) is 6.41. The molecule has 0 radical (unpaired) electrons. The quantitative estimate of drug-likeness (QED) is 0.471. The topological polar surface area (TPSA) is 0 Å². The van der Waals surface area contributed by atoms with Crippen LogP contribution < -0.4 is 0 Å². The molecule has 5 heteroatoms. The van der Waals surface area contributed by atoms with E-state index in [1.807, 2.05) is 36.4 Å². The van der Waals surface area contributed by atoms with Gasteiger partial charge in [0.05, 0.1) is 0 Å². The molecule has 23 heavy (non-hydrogen) atoms. The predicted octanol–water partition coefficient (Wildman–Crippen LogP) is 4.01. The Hall–Kier alpha value is -0.706. The molecule has 2 aromatic carbocycles. The molecule has 0 bridgehead atoms. The Bertz CT molecular complexity index is 726. The minimum Gasteiger partial charge on any atom is -0.785 e. The van der Waals surface area contributed by atoms with Crippen molar-refractivity contribution in [1.82, 2.24) is 0 Å². The summed E-state index contributed by atoms with van der Waals surface area (Å²) in [6.45, 7) is 0. The number of allylic oxidation sites excluding steroid dienone is 2. The van der Waals surface area contributed by atoms with Gasteiger partial charge in [0.15, 0.2) is 0 Å². The van der Waals surface area contributed by atoms with E-state index in [9.17, 15) is 0 Å². The maximum absolute atomic E-state index is 5.16. The van der Waals surface area contributed by atoms with Crippen LogP contribution in [-0.2, 0) is 79.8 Å². The summed E-state index contributed by atoms with van der Waals surface area (Å²) in [5, 5.41) is 0. The number of fused-ring (bicyclic) bond motifs is 2. The van der Waals surface area contributed by atoms with Crippen LogP contribution in [0.4, 0.5) is 0 Å². The summed E-state index contributed by atoms with van der Waals surface area (Å²) < 4.78 is 0. The third kappa shape index (κ3) is 3.86. The van der Waals surface area contributed by atoms with Crippen LogP contribution in [0.1, 0.15) is 22.3 Å². The van der Waals surface area contributed by atoms with Gasteiger partial charge in [0.1, 0.15) is 0 Å². The first kappa shape index (κ1) is 18.6. The van der Waals surface area contributed by atoms with E-state index in [0.29, 0.717) is 0 Å². The maximum Gasteiger partial charge on any atom is 0 e. The molecule has 0 spiro atoms. The maximum atomic E-state index is 5.16. The van der Waals surface area contributed by atoms with Crippen molar-refractivity contribution in [1.29, 1.82) is 0 Å². The second kappa shape index (κ2) is 7.91. The molecule has 0 fully saturated rings. The second-order valence-corrected chi connectivity index (χ2v) is 6.97. The van der Waals surface area contributed by atoms with Crippen LogP contribution in [-0.4, -0.2) is 0 Å². The monoisotopic (exact) mass is 414 g/mol. The molecular formula is C18H12NiS4-4. The van der Waals surface area contributed by atoms with Crippen LogP contribution in [0.5, 0.6) is 0 Å². The minimum atomic E-state index is 0. The van der Waals surface area contributed by atoms with Gasteiger partial charge in [-0.25, -0.2) is 9.81 Å². The van der Waals surface area contributed by atoms with Crippen LogP contribution in [0.15, 0.2) is 58.3 Å². The number of rotatable bonds is 0. The third-order valence-electron chi connectivity index (χ3n) is 3.73. The van der Waals surface area contributed by atoms with E-state index < -0.39 is 0 Å². The molecule has 0 unspecified atom stereocenters. The summed E-state index contributed by atoms with van der Waals surface area (Å²) in [5.74, 6) is 0. The Labute approximate surface area is 169 Å². The first-order valence-corrected chi connectivity index (χ1v) is 8.52. The Balaban J connectivity index is 0.000000160. The largest absolute Gasteiger partial charge is 0.785 e. The van der Waals surface area contributed by atoms with Gasteiger partial charge in [-0.05, 0) is 35.1 Å². The first-order valence-electron chi connectivity index (χ1n) is 6.89. The van der Waals surface area contributed by atoms with Gasteiger partial charge < -0.3 is 50.5 Å². The van der Waals surface area contributed by atoms with Gasteiger partial charge in [-0.2, -0.15) is 9.81 Å². The average molecular weight is 415 g/mol. The van der Waals surface area contributed by atoms with Gasteiger partial charge in [0.2, 0.25) is 0 Å². The Morgan fingerprint density at radius 3 is 1.26 bits per heavy atom. The van der Waals surface area contributed by atoms with E-state index in [4.69, 9.17) is 50.5 Å². The van der Waals surface area contributed by atoms with Gasteiger partial charge in [0, 0.05) is 16.5 Å². The summed E-state index contributed by atoms with van der Waals surface area (Å²) in [5.41, 5.74) is 4.88. The molecule has 0 heterocycles. The van der Waals surface area contributed by atoms with Crippen LogP contribution in [0.25, 0.3) is 9.81 Å². The van der Waals surface area contributed by atoms with Gasteiger partial charge in [0.25, 0.3) is 0 Å². The van der Waals surface area contributed by atoms with Crippen molar-refractivity contribution in [2.45, 2.75) is 12.8 Å². The molecule has 0 amide bonds. The van der Waals surface area contributed by atoms with Crippen molar-refractivity contribution in [2.75, 3.05) is 0 Å². The molecule has 0 aromatic heterocycles. The average Bonchev–Trinajstić information content (AvgIpc) is 2.98. The molecule has 4 rings (SSSR count). The van der Waals surface area contributed by atoms with Gasteiger partial charge >= 0.3 is 0 Å². The number of hydrogen-bond donors (Lipinski definition) is 0. The molecule has 0 aliphatic heterocycles. The number of benzene rings is 2. The zero-order valence-corrected chi connectivity index (χ0v) is 16.2. The molecule has 122 valence electrons. The van der Waals surface area contributed by atoms with Crippen LogP contribution in [0.3, 0.4) is 0 Å². The Morgan fingerprint density at radius 2 is 0.913 bits per heavy atom. The molecule has 0 N–H and O–H groups in total. The second-order valence-electron chi connectivity index (χ2n) is 5.17. The van der Waals surface area contributed by atoms with E-state index in [-0.39, 0.29) is 16.5 Å². The standard InChI is InChI=1S/2C9H8S2.Ni/c2*10-8-5-6-3-1-2-4-7(6)9(8)11;/h2*1-4,10-11H,5H2;/p-4. The zero-order valence-electron chi connectivity index (χ0n) is 12.0. The van der Waals surface area contributed by atoms with Crippen molar-refractivity contribution in [2.24, 2.45) is 0 Å². The molecule has 0 saturated carbocycles. The summed E-state index contributed by atoms with van der Waals surface area (Å²) in [6.07, 6.45) is 1.73. The summed E-state index contributed by atoms with van der Waals surface area (Å²) in [4.78, 5) is 3.58. The predicted molar refractivity (Wildman–Crippen MR) is 104 cm³/mol. The van der Waals surface area contributed by atoms with Crippen molar-refractivity contribution >= 4 is 60.3 Å². The fourth-order valence-corrected chi connectivity index (χ4v) is 3.67. The van der Waals surface area contributed by atoms with Crippen molar-refractivity contribution in [3.63, 3.8) is 0 Å². The third-order valence-corrected chi connectivity index (χ3v) is 5.62. The fraction of sp³-hybridized carbons (Fsp3) is 0.111. The molecule has 0 nitrogen and oxygen atoms in total. The molecule has 2 aliphatic rings. The fourth-order valence-electron chi connectivity index (χ4n) is 2.60. The van der Waals surface area contributed by atoms with E-state index >= 15 is 0 Å². The van der Waals surface area contributed by atoms with E-state index in [1.54, 1.807) is 0 Å². The Morgan fingerprint density at radius 1 is 0.565 bits per heavy atom. The first-order chi connectivity index (χ1) is 10.6. The van der Waals surface area contributed by atoms with Crippen LogP contribution in [0, 0.1) is 0 Å². The molecule has 2 aromatic rings. The summed E-state index contributed by atoms with van der Waals surface area (Å²) >= 11 is 20.5. The van der Waals surface area contributed by atoms with Gasteiger partial charge in [-0.15, -0.1) is 0 Å². The van der Waals surface area contributed by atoms with Gasteiger partial charge in [-0.1, -0.05) is 48.5 Å². The molecule has 0 saturated heterocycles. The zero-order chi connectivity index (χ0) is 15.7.